The minimum absolute atomic E-state index is 0. The van der Waals surface area contributed by atoms with Crippen molar-refractivity contribution in [3.63, 3.8) is 0 Å². The van der Waals surface area contributed by atoms with E-state index in [9.17, 15) is 9.70 Å². The zero-order chi connectivity index (χ0) is 7.44. The SMILES string of the molecule is C.CC(=O)C(N=O)C(C)C. The summed E-state index contributed by atoms with van der Waals surface area (Å²) < 4.78 is 0. The quantitative estimate of drug-likeness (QED) is 0.570. The van der Waals surface area contributed by atoms with Gasteiger partial charge in [-0.25, -0.2) is 0 Å². The van der Waals surface area contributed by atoms with Crippen LogP contribution >= 0.6 is 0 Å². The summed E-state index contributed by atoms with van der Waals surface area (Å²) in [6.45, 7) is 4.98. The highest BCUT2D eigenvalue weighted by atomic mass is 16.3. The molecule has 0 N–H and O–H groups in total. The lowest BCUT2D eigenvalue weighted by atomic mass is 10.0. The molecule has 0 saturated carbocycles. The number of Topliss-reactive ketones (excluding diaryl/α,β-unsaturated/α-hetero) is 1. The molecular formula is C7H15NO2. The second-order valence-electron chi connectivity index (χ2n) is 2.40. The Hall–Kier alpha value is -0.730. The van der Waals surface area contributed by atoms with E-state index >= 15 is 0 Å². The van der Waals surface area contributed by atoms with Gasteiger partial charge >= 0.3 is 0 Å². The maximum absolute atomic E-state index is 10.5. The highest BCUT2D eigenvalue weighted by Gasteiger charge is 2.17. The molecule has 0 aromatic carbocycles. The molecule has 0 aromatic heterocycles. The van der Waals surface area contributed by atoms with Gasteiger partial charge in [0, 0.05) is 0 Å². The first-order valence-electron chi connectivity index (χ1n) is 2.92. The first-order valence-corrected chi connectivity index (χ1v) is 2.92. The molecule has 0 heterocycles. The third-order valence-electron chi connectivity index (χ3n) is 1.16. The summed E-state index contributed by atoms with van der Waals surface area (Å²) >= 11 is 0. The Labute approximate surface area is 61.8 Å². The maximum atomic E-state index is 10.5. The van der Waals surface area contributed by atoms with Crippen LogP contribution in [-0.2, 0) is 4.79 Å². The predicted octanol–water partition coefficient (Wildman–Crippen LogP) is 2.00. The van der Waals surface area contributed by atoms with Crippen molar-refractivity contribution < 1.29 is 4.79 Å². The fourth-order valence-electron chi connectivity index (χ4n) is 0.665. The van der Waals surface area contributed by atoms with Crippen LogP contribution in [0.5, 0.6) is 0 Å². The van der Waals surface area contributed by atoms with Crippen molar-refractivity contribution in [3.8, 4) is 0 Å². The monoisotopic (exact) mass is 145 g/mol. The molecule has 0 rings (SSSR count). The largest absolute Gasteiger partial charge is 0.297 e. The topological polar surface area (TPSA) is 46.5 Å². The summed E-state index contributed by atoms with van der Waals surface area (Å²) in [6, 6.07) is -0.648. The Morgan fingerprint density at radius 3 is 1.80 bits per heavy atom. The third-order valence-corrected chi connectivity index (χ3v) is 1.16. The van der Waals surface area contributed by atoms with E-state index in [1.54, 1.807) is 13.8 Å². The lowest BCUT2D eigenvalue weighted by Gasteiger charge is -2.06. The Morgan fingerprint density at radius 2 is 1.80 bits per heavy atom. The fraction of sp³-hybridized carbons (Fsp3) is 0.857. The van der Waals surface area contributed by atoms with Gasteiger partial charge in [0.25, 0.3) is 0 Å². The number of hydrogen-bond donors (Lipinski definition) is 0. The minimum Gasteiger partial charge on any atom is -0.297 e. The van der Waals surface area contributed by atoms with E-state index in [2.05, 4.69) is 5.18 Å². The Bertz CT molecular complexity index is 121. The molecule has 0 amide bonds. The van der Waals surface area contributed by atoms with E-state index in [1.165, 1.54) is 6.92 Å². The van der Waals surface area contributed by atoms with Crippen LogP contribution in [0.4, 0.5) is 0 Å². The molecule has 60 valence electrons. The standard InChI is InChI=1S/C6H11NO2.CH4/c1-4(2)6(7-9)5(3)8;/h4,6H,1-3H3;1H4. The molecule has 0 bridgehead atoms. The first kappa shape index (κ1) is 12.0. The van der Waals surface area contributed by atoms with Gasteiger partial charge in [-0.1, -0.05) is 26.5 Å². The summed E-state index contributed by atoms with van der Waals surface area (Å²) in [7, 11) is 0. The summed E-state index contributed by atoms with van der Waals surface area (Å²) in [6.07, 6.45) is 0. The van der Waals surface area contributed by atoms with Crippen LogP contribution in [0.15, 0.2) is 5.18 Å². The number of hydrogen-bond acceptors (Lipinski definition) is 3. The second kappa shape index (κ2) is 5.09. The number of rotatable bonds is 3. The van der Waals surface area contributed by atoms with Gasteiger partial charge in [0.15, 0.2) is 11.8 Å². The molecule has 10 heavy (non-hydrogen) atoms. The third kappa shape index (κ3) is 3.33. The Balaban J connectivity index is 0. The molecule has 0 fully saturated rings. The summed E-state index contributed by atoms with van der Waals surface area (Å²) in [5.41, 5.74) is 0. The van der Waals surface area contributed by atoms with Gasteiger partial charge in [-0.3, -0.25) is 4.79 Å². The predicted molar refractivity (Wildman–Crippen MR) is 41.8 cm³/mol. The average Bonchev–Trinajstić information content (AvgIpc) is 1.64. The van der Waals surface area contributed by atoms with E-state index in [0.29, 0.717) is 0 Å². The van der Waals surface area contributed by atoms with Crippen molar-refractivity contribution in [2.45, 2.75) is 34.2 Å². The number of ketones is 1. The molecule has 1 unspecified atom stereocenters. The van der Waals surface area contributed by atoms with Gasteiger partial charge in [0.1, 0.15) is 0 Å². The molecule has 0 spiro atoms. The second-order valence-corrected chi connectivity index (χ2v) is 2.40. The molecule has 0 aliphatic rings. The normalized spacial score (nSPS) is 12.0. The van der Waals surface area contributed by atoms with Crippen LogP contribution in [0.1, 0.15) is 28.2 Å². The number of nitroso groups, excluding NO2 is 1. The van der Waals surface area contributed by atoms with Gasteiger partial charge in [-0.2, -0.15) is 4.91 Å². The summed E-state index contributed by atoms with van der Waals surface area (Å²) in [5.74, 6) is -0.125. The summed E-state index contributed by atoms with van der Waals surface area (Å²) in [5, 5.41) is 2.69. The fourth-order valence-corrected chi connectivity index (χ4v) is 0.665. The van der Waals surface area contributed by atoms with Crippen molar-refractivity contribution in [2.24, 2.45) is 11.1 Å². The van der Waals surface area contributed by atoms with Gasteiger partial charge in [0.05, 0.1) is 0 Å². The lowest BCUT2D eigenvalue weighted by Crippen LogP contribution is -2.20. The van der Waals surface area contributed by atoms with Crippen LogP contribution in [0, 0.1) is 10.8 Å². The van der Waals surface area contributed by atoms with E-state index in [4.69, 9.17) is 0 Å². The molecule has 0 aliphatic carbocycles. The molecule has 0 saturated heterocycles. The van der Waals surface area contributed by atoms with E-state index < -0.39 is 6.04 Å². The van der Waals surface area contributed by atoms with Crippen molar-refractivity contribution >= 4 is 5.78 Å². The van der Waals surface area contributed by atoms with Crippen molar-refractivity contribution in [1.29, 1.82) is 0 Å². The molecule has 3 nitrogen and oxygen atoms in total. The van der Waals surface area contributed by atoms with Crippen LogP contribution in [-0.4, -0.2) is 11.8 Å². The Kier molecular flexibility index (Phi) is 6.10. The molecular weight excluding hydrogens is 130 g/mol. The van der Waals surface area contributed by atoms with Crippen LogP contribution in [0.25, 0.3) is 0 Å². The average molecular weight is 145 g/mol. The Morgan fingerprint density at radius 1 is 1.40 bits per heavy atom. The molecule has 0 radical (unpaired) electrons. The number of carbonyl (C=O) groups is 1. The smallest absolute Gasteiger partial charge is 0.158 e. The molecule has 3 heteroatoms. The van der Waals surface area contributed by atoms with Gasteiger partial charge < -0.3 is 0 Å². The van der Waals surface area contributed by atoms with Gasteiger partial charge in [-0.05, 0) is 12.8 Å². The van der Waals surface area contributed by atoms with Crippen LogP contribution < -0.4 is 0 Å². The van der Waals surface area contributed by atoms with E-state index in [0.717, 1.165) is 0 Å². The zero-order valence-corrected chi connectivity index (χ0v) is 5.92. The first-order chi connectivity index (χ1) is 4.09. The van der Waals surface area contributed by atoms with E-state index in [-0.39, 0.29) is 19.1 Å². The van der Waals surface area contributed by atoms with Crippen molar-refractivity contribution in [3.05, 3.63) is 4.91 Å². The molecule has 0 aliphatic heterocycles. The summed E-state index contributed by atoms with van der Waals surface area (Å²) in [4.78, 5) is 20.4. The van der Waals surface area contributed by atoms with Crippen molar-refractivity contribution in [2.75, 3.05) is 0 Å². The number of nitrogens with zero attached hydrogens (tertiary/aromatic N) is 1. The van der Waals surface area contributed by atoms with Crippen molar-refractivity contribution in [1.82, 2.24) is 0 Å². The number of carbonyl (C=O) groups excluding carboxylic acids is 1. The molecule has 0 aromatic rings. The molecule has 1 atom stereocenters. The highest BCUT2D eigenvalue weighted by molar-refractivity contribution is 5.81. The van der Waals surface area contributed by atoms with Gasteiger partial charge in [-0.15, -0.1) is 0 Å². The highest BCUT2D eigenvalue weighted by Crippen LogP contribution is 2.05. The van der Waals surface area contributed by atoms with Gasteiger partial charge in [0.2, 0.25) is 0 Å². The zero-order valence-electron chi connectivity index (χ0n) is 5.92. The lowest BCUT2D eigenvalue weighted by molar-refractivity contribution is -0.118. The maximum Gasteiger partial charge on any atom is 0.158 e. The van der Waals surface area contributed by atoms with E-state index in [1.807, 2.05) is 0 Å². The van der Waals surface area contributed by atoms with Crippen LogP contribution in [0.2, 0.25) is 0 Å². The van der Waals surface area contributed by atoms with Crippen LogP contribution in [0.3, 0.4) is 0 Å². The minimum atomic E-state index is -0.648.